The predicted molar refractivity (Wildman–Crippen MR) is 98.1 cm³/mol. The third-order valence-electron chi connectivity index (χ3n) is 4.31. The third kappa shape index (κ3) is 2.31. The Morgan fingerprint density at radius 1 is 1.20 bits per heavy atom. The molecule has 0 aliphatic heterocycles. The minimum absolute atomic E-state index is 0.106. The molecule has 0 aliphatic carbocycles. The lowest BCUT2D eigenvalue weighted by atomic mass is 10.1. The van der Waals surface area contributed by atoms with E-state index in [0.717, 1.165) is 10.9 Å². The molecule has 6 heteroatoms. The number of benzene rings is 2. The van der Waals surface area contributed by atoms with Crippen molar-refractivity contribution < 1.29 is 0 Å². The highest BCUT2D eigenvalue weighted by molar-refractivity contribution is 6.31. The maximum atomic E-state index is 13.1. The molecule has 5 nitrogen and oxygen atoms in total. The summed E-state index contributed by atoms with van der Waals surface area (Å²) in [5, 5.41) is 15.8. The fourth-order valence-electron chi connectivity index (χ4n) is 3.22. The van der Waals surface area contributed by atoms with Crippen LogP contribution < -0.4 is 5.56 Å². The molecule has 2 heterocycles. The molecule has 0 aliphatic rings. The molecule has 2 aromatic carbocycles. The van der Waals surface area contributed by atoms with Crippen LogP contribution in [0.25, 0.3) is 27.5 Å². The van der Waals surface area contributed by atoms with Gasteiger partial charge in [-0.1, -0.05) is 29.8 Å². The topological polar surface area (TPSA) is 63.6 Å². The molecule has 4 rings (SSSR count). The fraction of sp³-hybridized carbons (Fsp3) is 0.105. The van der Waals surface area contributed by atoms with E-state index in [-0.39, 0.29) is 12.0 Å². The van der Waals surface area contributed by atoms with Crippen molar-refractivity contribution in [3.63, 3.8) is 0 Å². The number of para-hydroxylation sites is 1. The first kappa shape index (κ1) is 15.4. The number of nitrogens with zero attached hydrogens (tertiary/aromatic N) is 4. The van der Waals surface area contributed by atoms with E-state index >= 15 is 0 Å². The van der Waals surface area contributed by atoms with Gasteiger partial charge >= 0.3 is 0 Å². The van der Waals surface area contributed by atoms with Gasteiger partial charge in [0.15, 0.2) is 0 Å². The van der Waals surface area contributed by atoms with Gasteiger partial charge in [-0.25, -0.2) is 0 Å². The van der Waals surface area contributed by atoms with Crippen LogP contribution in [0.5, 0.6) is 0 Å². The lowest BCUT2D eigenvalue weighted by molar-refractivity contribution is 0.784. The molecule has 0 bridgehead atoms. The van der Waals surface area contributed by atoms with E-state index in [4.69, 9.17) is 11.6 Å². The Labute approximate surface area is 148 Å². The smallest absolute Gasteiger partial charge is 0.296 e. The van der Waals surface area contributed by atoms with E-state index < -0.39 is 0 Å². The van der Waals surface area contributed by atoms with Gasteiger partial charge in [-0.05, 0) is 30.3 Å². The van der Waals surface area contributed by atoms with Crippen molar-refractivity contribution in [2.24, 2.45) is 7.05 Å². The lowest BCUT2D eigenvalue weighted by Gasteiger charge is -2.08. The summed E-state index contributed by atoms with van der Waals surface area (Å²) in [5.74, 6) is 0. The van der Waals surface area contributed by atoms with Gasteiger partial charge in [0.2, 0.25) is 0 Å². The lowest BCUT2D eigenvalue weighted by Crippen LogP contribution is -2.24. The van der Waals surface area contributed by atoms with E-state index in [9.17, 15) is 10.1 Å². The molecule has 0 fully saturated rings. The number of halogens is 1. The molecule has 0 saturated heterocycles. The summed E-state index contributed by atoms with van der Waals surface area (Å²) < 4.78 is 3.20. The zero-order valence-corrected chi connectivity index (χ0v) is 14.2. The van der Waals surface area contributed by atoms with Crippen LogP contribution in [0.3, 0.4) is 0 Å². The second kappa shape index (κ2) is 5.76. The summed E-state index contributed by atoms with van der Waals surface area (Å²) in [6.07, 6.45) is 0.106. The summed E-state index contributed by atoms with van der Waals surface area (Å²) in [6, 6.07) is 16.8. The molecular weight excluding hydrogens is 336 g/mol. The summed E-state index contributed by atoms with van der Waals surface area (Å²) in [7, 11) is 1.84. The van der Waals surface area contributed by atoms with Crippen molar-refractivity contribution in [3.8, 4) is 11.8 Å². The molecule has 0 N–H and O–H groups in total. The van der Waals surface area contributed by atoms with Gasteiger partial charge < -0.3 is 4.57 Å². The molecule has 122 valence electrons. The first-order valence-corrected chi connectivity index (χ1v) is 8.12. The Balaban J connectivity index is 2.22. The number of nitriles is 1. The van der Waals surface area contributed by atoms with E-state index in [1.807, 2.05) is 54.1 Å². The third-order valence-corrected chi connectivity index (χ3v) is 4.55. The van der Waals surface area contributed by atoms with Crippen LogP contribution >= 0.6 is 11.6 Å². The summed E-state index contributed by atoms with van der Waals surface area (Å²) in [6.45, 7) is 0. The van der Waals surface area contributed by atoms with Crippen molar-refractivity contribution in [3.05, 3.63) is 69.6 Å². The monoisotopic (exact) mass is 348 g/mol. The highest BCUT2D eigenvalue weighted by Crippen LogP contribution is 2.30. The first-order chi connectivity index (χ1) is 12.1. The maximum Gasteiger partial charge on any atom is 0.296 e. The second-order valence-electron chi connectivity index (χ2n) is 5.78. The predicted octanol–water partition coefficient (Wildman–Crippen LogP) is 3.60. The van der Waals surface area contributed by atoms with Gasteiger partial charge in [0, 0.05) is 28.4 Å². The van der Waals surface area contributed by atoms with Crippen molar-refractivity contribution in [2.75, 3.05) is 0 Å². The number of rotatable bonds is 2. The van der Waals surface area contributed by atoms with Crippen LogP contribution in [0.2, 0.25) is 5.02 Å². The zero-order valence-electron chi connectivity index (χ0n) is 13.4. The molecule has 25 heavy (non-hydrogen) atoms. The summed E-state index contributed by atoms with van der Waals surface area (Å²) in [5.41, 5.74) is 2.40. The minimum Gasteiger partial charge on any atom is -0.339 e. The Kier molecular flexibility index (Phi) is 3.56. The van der Waals surface area contributed by atoms with Crippen LogP contribution in [-0.2, 0) is 13.5 Å². The second-order valence-corrected chi connectivity index (χ2v) is 6.21. The van der Waals surface area contributed by atoms with Crippen LogP contribution in [0, 0.1) is 11.3 Å². The van der Waals surface area contributed by atoms with Crippen molar-refractivity contribution in [1.29, 1.82) is 5.26 Å². The van der Waals surface area contributed by atoms with Gasteiger partial charge in [-0.15, -0.1) is 0 Å². The number of aryl methyl sites for hydroxylation is 1. The summed E-state index contributed by atoms with van der Waals surface area (Å²) >= 11 is 6.15. The maximum absolute atomic E-state index is 13.1. The van der Waals surface area contributed by atoms with Crippen LogP contribution in [-0.4, -0.2) is 14.3 Å². The summed E-state index contributed by atoms with van der Waals surface area (Å²) in [4.78, 5) is 13.1. The molecule has 0 saturated carbocycles. The molecular formula is C19H13ClN4O. The SMILES string of the molecule is Cn1c2ccc(Cl)cc2c2c(CC#N)nn(-c3ccccc3)c(=O)c21. The molecule has 2 aromatic heterocycles. The zero-order chi connectivity index (χ0) is 17.6. The quantitative estimate of drug-likeness (QED) is 0.556. The highest BCUT2D eigenvalue weighted by Gasteiger charge is 2.19. The van der Waals surface area contributed by atoms with E-state index in [1.54, 1.807) is 6.07 Å². The van der Waals surface area contributed by atoms with Crippen LogP contribution in [0.1, 0.15) is 5.69 Å². The van der Waals surface area contributed by atoms with E-state index in [1.165, 1.54) is 4.68 Å². The van der Waals surface area contributed by atoms with Crippen molar-refractivity contribution in [1.82, 2.24) is 14.3 Å². The van der Waals surface area contributed by atoms with Gasteiger partial charge in [0.25, 0.3) is 5.56 Å². The Hall–Kier alpha value is -3.10. The van der Waals surface area contributed by atoms with Crippen LogP contribution in [0.4, 0.5) is 0 Å². The fourth-order valence-corrected chi connectivity index (χ4v) is 3.39. The van der Waals surface area contributed by atoms with Gasteiger partial charge in [-0.2, -0.15) is 15.0 Å². The Morgan fingerprint density at radius 2 is 1.96 bits per heavy atom. The largest absolute Gasteiger partial charge is 0.339 e. The average molecular weight is 349 g/mol. The first-order valence-electron chi connectivity index (χ1n) is 7.74. The number of aromatic nitrogens is 3. The van der Waals surface area contributed by atoms with Gasteiger partial charge in [0.1, 0.15) is 5.52 Å². The molecule has 4 aromatic rings. The Morgan fingerprint density at radius 3 is 2.68 bits per heavy atom. The minimum atomic E-state index is -0.224. The number of fused-ring (bicyclic) bond motifs is 3. The molecule has 0 radical (unpaired) electrons. The van der Waals surface area contributed by atoms with E-state index in [0.29, 0.717) is 27.3 Å². The molecule has 0 atom stereocenters. The van der Waals surface area contributed by atoms with Crippen molar-refractivity contribution in [2.45, 2.75) is 6.42 Å². The average Bonchev–Trinajstić information content (AvgIpc) is 2.91. The molecule has 0 amide bonds. The Bertz CT molecular complexity index is 1220. The van der Waals surface area contributed by atoms with Crippen LogP contribution in [0.15, 0.2) is 53.3 Å². The van der Waals surface area contributed by atoms with Crippen molar-refractivity contribution >= 4 is 33.4 Å². The molecule has 0 spiro atoms. The number of hydrogen-bond donors (Lipinski definition) is 0. The highest BCUT2D eigenvalue weighted by atomic mass is 35.5. The molecule has 0 unspecified atom stereocenters. The standard InChI is InChI=1S/C19H13ClN4O/c1-23-16-8-7-12(20)11-14(16)17-15(9-10-21)22-24(19(25)18(17)23)13-5-3-2-4-6-13/h2-8,11H,9H2,1H3. The van der Waals surface area contributed by atoms with Gasteiger partial charge in [-0.3, -0.25) is 4.79 Å². The normalized spacial score (nSPS) is 11.1. The van der Waals surface area contributed by atoms with Gasteiger partial charge in [0.05, 0.1) is 23.9 Å². The van der Waals surface area contributed by atoms with E-state index in [2.05, 4.69) is 11.2 Å². The number of hydrogen-bond acceptors (Lipinski definition) is 3.